The maximum Gasteiger partial charge on any atom is 0.266 e. The predicted molar refractivity (Wildman–Crippen MR) is 154 cm³/mol. The summed E-state index contributed by atoms with van der Waals surface area (Å²) < 4.78 is 0. The van der Waals surface area contributed by atoms with Crippen LogP contribution in [-0.4, -0.2) is 21.7 Å². The van der Waals surface area contributed by atoms with Gasteiger partial charge in [-0.25, -0.2) is 20.0 Å². The number of nitrogens with zero attached hydrogens (tertiary/aromatic N) is 5. The Morgan fingerprint density at radius 1 is 0.895 bits per heavy atom. The molecular formula is C28H20Cl2N6OS. The molecule has 10 heteroatoms. The number of halogens is 2. The van der Waals surface area contributed by atoms with Gasteiger partial charge in [-0.05, 0) is 61.0 Å². The fourth-order valence-electron chi connectivity index (χ4n) is 4.57. The second kappa shape index (κ2) is 9.47. The van der Waals surface area contributed by atoms with E-state index < -0.39 is 4.99 Å². The summed E-state index contributed by atoms with van der Waals surface area (Å²) in [5, 5.41) is 2.54. The number of benzene rings is 3. The molecule has 188 valence electrons. The van der Waals surface area contributed by atoms with Crippen LogP contribution in [0.25, 0.3) is 11.3 Å². The highest BCUT2D eigenvalue weighted by molar-refractivity contribution is 7.81. The molecule has 3 aromatic carbocycles. The van der Waals surface area contributed by atoms with Crippen LogP contribution in [0.3, 0.4) is 0 Å². The highest BCUT2D eigenvalue weighted by atomic mass is 35.5. The normalized spacial score (nSPS) is 18.8. The van der Waals surface area contributed by atoms with Crippen molar-refractivity contribution in [3.05, 3.63) is 118 Å². The molecule has 38 heavy (non-hydrogen) atoms. The Bertz CT molecular complexity index is 1610. The maximum absolute atomic E-state index is 14.2. The van der Waals surface area contributed by atoms with E-state index in [1.807, 2.05) is 66.5 Å². The van der Waals surface area contributed by atoms with Gasteiger partial charge in [-0.1, -0.05) is 54.1 Å². The lowest BCUT2D eigenvalue weighted by molar-refractivity contribution is -0.115. The van der Waals surface area contributed by atoms with E-state index >= 15 is 0 Å². The van der Waals surface area contributed by atoms with Crippen LogP contribution in [0.15, 0.2) is 107 Å². The summed E-state index contributed by atoms with van der Waals surface area (Å²) in [6, 6.07) is 26.1. The van der Waals surface area contributed by atoms with Crippen LogP contribution in [-0.2, 0) is 9.79 Å². The number of anilines is 2. The Morgan fingerprint density at radius 2 is 1.61 bits per heavy atom. The molecule has 1 unspecified atom stereocenters. The van der Waals surface area contributed by atoms with Crippen molar-refractivity contribution in [1.29, 1.82) is 0 Å². The van der Waals surface area contributed by atoms with Crippen molar-refractivity contribution in [1.82, 2.24) is 15.4 Å². The molecule has 0 saturated carbocycles. The van der Waals surface area contributed by atoms with Gasteiger partial charge in [-0.2, -0.15) is 0 Å². The van der Waals surface area contributed by atoms with Gasteiger partial charge >= 0.3 is 0 Å². The number of aromatic nitrogens is 2. The summed E-state index contributed by atoms with van der Waals surface area (Å²) in [5.41, 5.74) is 8.15. The van der Waals surface area contributed by atoms with Gasteiger partial charge in [-0.3, -0.25) is 15.1 Å². The Hall–Kier alpha value is -3.85. The van der Waals surface area contributed by atoms with E-state index in [1.54, 1.807) is 41.4 Å². The largest absolute Gasteiger partial charge is 0.296 e. The van der Waals surface area contributed by atoms with Crippen LogP contribution < -0.4 is 15.3 Å². The van der Waals surface area contributed by atoms with Crippen LogP contribution >= 0.6 is 35.8 Å². The number of nitrogens with one attached hydrogen (secondary N) is 1. The lowest BCUT2D eigenvalue weighted by atomic mass is 10.0. The van der Waals surface area contributed by atoms with Gasteiger partial charge in [-0.15, -0.1) is 12.6 Å². The molecule has 1 amide bonds. The lowest BCUT2D eigenvalue weighted by Crippen LogP contribution is -2.53. The summed E-state index contributed by atoms with van der Waals surface area (Å²) in [6.07, 6.45) is 1.61. The maximum atomic E-state index is 14.2. The molecule has 2 aliphatic heterocycles. The van der Waals surface area contributed by atoms with E-state index in [0.717, 1.165) is 11.3 Å². The van der Waals surface area contributed by atoms with Gasteiger partial charge in [0.05, 0.1) is 11.4 Å². The van der Waals surface area contributed by atoms with Crippen molar-refractivity contribution in [2.45, 2.75) is 11.9 Å². The number of carbonyl (C=O) groups is 1. The summed E-state index contributed by atoms with van der Waals surface area (Å²) in [5.74, 6) is 0.257. The van der Waals surface area contributed by atoms with Crippen molar-refractivity contribution in [2.75, 3.05) is 9.91 Å². The van der Waals surface area contributed by atoms with Crippen LogP contribution in [0.1, 0.15) is 12.5 Å². The zero-order valence-electron chi connectivity index (χ0n) is 20.0. The monoisotopic (exact) mass is 558 g/mol. The zero-order valence-corrected chi connectivity index (χ0v) is 22.4. The van der Waals surface area contributed by atoms with Crippen LogP contribution in [0, 0.1) is 0 Å². The first-order valence-corrected chi connectivity index (χ1v) is 12.9. The number of hydrogen-bond acceptors (Lipinski definition) is 7. The second-order valence-electron chi connectivity index (χ2n) is 8.76. The number of allylic oxidation sites excluding steroid dienone is 1. The number of amides is 1. The van der Waals surface area contributed by atoms with Gasteiger partial charge in [0.25, 0.3) is 5.91 Å². The standard InChI is InChI=1S/C28H20Cl2N6OS/c1-17-24-25(36(34-17)22-5-3-2-4-6-22)33-28(38,35(26(24)37)21-13-11-20(29)12-14-21)19-9-7-18(8-10-19)23-15-16-31-27(30)32-23/h2-16,34,38H,1H3. The first-order valence-electron chi connectivity index (χ1n) is 11.7. The highest BCUT2D eigenvalue weighted by Crippen LogP contribution is 2.45. The Balaban J connectivity index is 1.52. The molecule has 2 aliphatic rings. The van der Waals surface area contributed by atoms with Crippen LogP contribution in [0.4, 0.5) is 11.4 Å². The van der Waals surface area contributed by atoms with E-state index in [9.17, 15) is 4.79 Å². The molecule has 1 atom stereocenters. The van der Waals surface area contributed by atoms with Gasteiger partial charge in [0.2, 0.25) is 10.3 Å². The second-order valence-corrected chi connectivity index (χ2v) is 10.2. The molecular weight excluding hydrogens is 539 g/mol. The number of amidine groups is 1. The number of rotatable bonds is 4. The van der Waals surface area contributed by atoms with Gasteiger partial charge < -0.3 is 0 Å². The molecule has 0 saturated heterocycles. The fourth-order valence-corrected chi connectivity index (χ4v) is 5.30. The minimum Gasteiger partial charge on any atom is -0.296 e. The molecule has 7 nitrogen and oxygen atoms in total. The summed E-state index contributed by atoms with van der Waals surface area (Å²) in [6.45, 7) is 1.86. The van der Waals surface area contributed by atoms with E-state index in [2.05, 4.69) is 15.4 Å². The average molecular weight is 559 g/mol. The van der Waals surface area contributed by atoms with Crippen molar-refractivity contribution in [3.63, 3.8) is 0 Å². The fraction of sp³-hybridized carbons (Fsp3) is 0.0714. The SMILES string of the molecule is CC1=C2C(=O)N(c3ccc(Cl)cc3)C(S)(c3ccc(-c4ccnc(Cl)n4)cc3)N=C2N(c2ccccc2)N1. The summed E-state index contributed by atoms with van der Waals surface area (Å²) >= 11 is 17.3. The molecule has 0 aliphatic carbocycles. The lowest BCUT2D eigenvalue weighted by Gasteiger charge is -2.42. The molecule has 0 fully saturated rings. The Kier molecular flexibility index (Phi) is 6.10. The molecule has 4 aromatic rings. The molecule has 1 aromatic heterocycles. The quantitative estimate of drug-likeness (QED) is 0.229. The first kappa shape index (κ1) is 24.5. The number of hydrogen-bond donors (Lipinski definition) is 2. The summed E-state index contributed by atoms with van der Waals surface area (Å²) in [7, 11) is 0. The highest BCUT2D eigenvalue weighted by Gasteiger charge is 2.49. The molecule has 0 radical (unpaired) electrons. The summed E-state index contributed by atoms with van der Waals surface area (Å²) in [4.78, 5) is 27.8. The third kappa shape index (κ3) is 4.11. The zero-order chi connectivity index (χ0) is 26.4. The number of carbonyl (C=O) groups excluding carboxylic acids is 1. The number of thiol groups is 1. The molecule has 0 spiro atoms. The topological polar surface area (TPSA) is 73.7 Å². The van der Waals surface area contributed by atoms with Gasteiger partial charge in [0, 0.05) is 33.7 Å². The van der Waals surface area contributed by atoms with Crippen LogP contribution in [0.2, 0.25) is 10.3 Å². The van der Waals surface area contributed by atoms with Crippen LogP contribution in [0.5, 0.6) is 0 Å². The van der Waals surface area contributed by atoms with Crippen molar-refractivity contribution in [3.8, 4) is 11.3 Å². The molecule has 6 rings (SSSR count). The average Bonchev–Trinajstić information content (AvgIpc) is 3.26. The third-order valence-corrected chi connectivity index (χ3v) is 7.37. The molecule has 0 bridgehead atoms. The third-order valence-electron chi connectivity index (χ3n) is 6.37. The van der Waals surface area contributed by atoms with Crippen molar-refractivity contribution < 1.29 is 4.79 Å². The van der Waals surface area contributed by atoms with Crippen molar-refractivity contribution >= 4 is 58.9 Å². The molecule has 3 heterocycles. The number of para-hydroxylation sites is 1. The van der Waals surface area contributed by atoms with Gasteiger partial charge in [0.15, 0.2) is 5.84 Å². The number of aliphatic imine (C=N–C) groups is 1. The smallest absolute Gasteiger partial charge is 0.266 e. The van der Waals surface area contributed by atoms with E-state index in [0.29, 0.717) is 39.1 Å². The van der Waals surface area contributed by atoms with Crippen molar-refractivity contribution in [2.24, 2.45) is 4.99 Å². The minimum absolute atomic E-state index is 0.167. The van der Waals surface area contributed by atoms with E-state index in [1.165, 1.54) is 0 Å². The van der Waals surface area contributed by atoms with Gasteiger partial charge in [0.1, 0.15) is 5.57 Å². The molecule has 1 N–H and O–H groups in total. The minimum atomic E-state index is -1.37. The number of fused-ring (bicyclic) bond motifs is 1. The Labute approximate surface area is 234 Å². The first-order chi connectivity index (χ1) is 18.3. The Morgan fingerprint density at radius 3 is 2.29 bits per heavy atom. The predicted octanol–water partition coefficient (Wildman–Crippen LogP) is 6.23. The van der Waals surface area contributed by atoms with E-state index in [4.69, 9.17) is 40.8 Å². The number of hydrazine groups is 1. The van der Waals surface area contributed by atoms with E-state index in [-0.39, 0.29) is 11.2 Å².